The SMILES string of the molecule is CC(C)CN(Cc1ccccc1F)C(=O)NCCC(=O)O. The highest BCUT2D eigenvalue weighted by molar-refractivity contribution is 5.75. The molecule has 0 saturated carbocycles. The Kier molecular flexibility index (Phi) is 6.65. The molecule has 0 unspecified atom stereocenters. The summed E-state index contributed by atoms with van der Waals surface area (Å²) in [5, 5.41) is 11.1. The molecule has 116 valence electrons. The van der Waals surface area contributed by atoms with Gasteiger partial charge in [0.1, 0.15) is 5.82 Å². The minimum Gasteiger partial charge on any atom is -0.481 e. The van der Waals surface area contributed by atoms with Gasteiger partial charge >= 0.3 is 12.0 Å². The van der Waals surface area contributed by atoms with Crippen LogP contribution in [0.2, 0.25) is 0 Å². The number of carboxylic acid groups (broad SMARTS) is 1. The third kappa shape index (κ3) is 6.25. The first-order valence-electron chi connectivity index (χ1n) is 6.88. The normalized spacial score (nSPS) is 10.5. The zero-order chi connectivity index (χ0) is 15.8. The van der Waals surface area contributed by atoms with Gasteiger partial charge < -0.3 is 15.3 Å². The van der Waals surface area contributed by atoms with Crippen LogP contribution in [-0.4, -0.2) is 35.1 Å². The molecule has 2 N–H and O–H groups in total. The summed E-state index contributed by atoms with van der Waals surface area (Å²) in [6, 6.07) is 5.92. The largest absolute Gasteiger partial charge is 0.481 e. The van der Waals surface area contributed by atoms with E-state index in [0.29, 0.717) is 12.1 Å². The molecule has 21 heavy (non-hydrogen) atoms. The van der Waals surface area contributed by atoms with Crippen LogP contribution in [-0.2, 0) is 11.3 Å². The van der Waals surface area contributed by atoms with E-state index in [4.69, 9.17) is 5.11 Å². The number of benzene rings is 1. The predicted molar refractivity (Wildman–Crippen MR) is 77.3 cm³/mol. The highest BCUT2D eigenvalue weighted by Crippen LogP contribution is 2.11. The number of carbonyl (C=O) groups excluding carboxylic acids is 1. The number of nitrogens with zero attached hydrogens (tertiary/aromatic N) is 1. The molecule has 1 aromatic rings. The molecule has 2 amide bonds. The first-order valence-corrected chi connectivity index (χ1v) is 6.88. The number of nitrogens with one attached hydrogen (secondary N) is 1. The molecule has 0 aliphatic heterocycles. The van der Waals surface area contributed by atoms with Crippen molar-refractivity contribution in [2.24, 2.45) is 5.92 Å². The Labute approximate surface area is 123 Å². The Balaban J connectivity index is 2.69. The molecule has 1 aromatic carbocycles. The van der Waals surface area contributed by atoms with Gasteiger partial charge in [-0.3, -0.25) is 4.79 Å². The van der Waals surface area contributed by atoms with E-state index in [0.717, 1.165) is 0 Å². The van der Waals surface area contributed by atoms with Crippen LogP contribution >= 0.6 is 0 Å². The second kappa shape index (κ2) is 8.24. The van der Waals surface area contributed by atoms with Crippen molar-refractivity contribution in [3.05, 3.63) is 35.6 Å². The van der Waals surface area contributed by atoms with Gasteiger partial charge in [0, 0.05) is 18.7 Å². The smallest absolute Gasteiger partial charge is 0.317 e. The van der Waals surface area contributed by atoms with E-state index < -0.39 is 5.97 Å². The summed E-state index contributed by atoms with van der Waals surface area (Å²) in [7, 11) is 0. The van der Waals surface area contributed by atoms with Crippen molar-refractivity contribution in [2.45, 2.75) is 26.8 Å². The van der Waals surface area contributed by atoms with Crippen LogP contribution in [0.4, 0.5) is 9.18 Å². The second-order valence-corrected chi connectivity index (χ2v) is 5.24. The monoisotopic (exact) mass is 296 g/mol. The molecular weight excluding hydrogens is 275 g/mol. The Bertz CT molecular complexity index is 492. The van der Waals surface area contributed by atoms with Crippen LogP contribution < -0.4 is 5.32 Å². The van der Waals surface area contributed by atoms with Crippen molar-refractivity contribution >= 4 is 12.0 Å². The molecule has 0 aliphatic rings. The van der Waals surface area contributed by atoms with Crippen molar-refractivity contribution in [3.63, 3.8) is 0 Å². The average molecular weight is 296 g/mol. The predicted octanol–water partition coefficient (Wildman–Crippen LogP) is 2.47. The van der Waals surface area contributed by atoms with Crippen molar-refractivity contribution in [1.82, 2.24) is 10.2 Å². The highest BCUT2D eigenvalue weighted by atomic mass is 19.1. The van der Waals surface area contributed by atoms with Crippen LogP contribution in [0.1, 0.15) is 25.8 Å². The Morgan fingerprint density at radius 3 is 2.57 bits per heavy atom. The minimum atomic E-state index is -0.972. The molecule has 0 aromatic heterocycles. The zero-order valence-electron chi connectivity index (χ0n) is 12.3. The van der Waals surface area contributed by atoms with Gasteiger partial charge in [0.2, 0.25) is 0 Å². The fourth-order valence-corrected chi connectivity index (χ4v) is 1.88. The maximum absolute atomic E-state index is 13.7. The summed E-state index contributed by atoms with van der Waals surface area (Å²) in [5.74, 6) is -1.11. The molecule has 0 fully saturated rings. The summed E-state index contributed by atoms with van der Waals surface area (Å²) in [6.07, 6.45) is -0.138. The van der Waals surface area contributed by atoms with Crippen LogP contribution in [0, 0.1) is 11.7 Å². The van der Waals surface area contributed by atoms with Gasteiger partial charge in [0.05, 0.1) is 13.0 Å². The number of hydrogen-bond donors (Lipinski definition) is 2. The Morgan fingerprint density at radius 2 is 2.00 bits per heavy atom. The lowest BCUT2D eigenvalue weighted by atomic mass is 10.1. The van der Waals surface area contributed by atoms with Gasteiger partial charge in [0.25, 0.3) is 0 Å². The van der Waals surface area contributed by atoms with Gasteiger partial charge in [-0.05, 0) is 12.0 Å². The lowest BCUT2D eigenvalue weighted by Gasteiger charge is -2.25. The maximum atomic E-state index is 13.7. The standard InChI is InChI=1S/C15H21FN2O3/c1-11(2)9-18(15(21)17-8-7-14(19)20)10-12-5-3-4-6-13(12)16/h3-6,11H,7-10H2,1-2H3,(H,17,21)(H,19,20). The van der Waals surface area contributed by atoms with E-state index in [9.17, 15) is 14.0 Å². The number of hydrogen-bond acceptors (Lipinski definition) is 2. The first-order chi connectivity index (χ1) is 9.90. The third-order valence-electron chi connectivity index (χ3n) is 2.81. The lowest BCUT2D eigenvalue weighted by Crippen LogP contribution is -2.42. The number of aliphatic carboxylic acids is 1. The van der Waals surface area contributed by atoms with E-state index in [1.165, 1.54) is 11.0 Å². The molecule has 5 nitrogen and oxygen atoms in total. The fourth-order valence-electron chi connectivity index (χ4n) is 1.88. The Hall–Kier alpha value is -2.11. The molecule has 0 atom stereocenters. The van der Waals surface area contributed by atoms with Crippen molar-refractivity contribution in [1.29, 1.82) is 0 Å². The molecule has 0 radical (unpaired) electrons. The van der Waals surface area contributed by atoms with Gasteiger partial charge in [-0.2, -0.15) is 0 Å². The molecule has 0 heterocycles. The van der Waals surface area contributed by atoms with E-state index >= 15 is 0 Å². The topological polar surface area (TPSA) is 69.6 Å². The number of carbonyl (C=O) groups is 2. The lowest BCUT2D eigenvalue weighted by molar-refractivity contribution is -0.136. The molecule has 0 spiro atoms. The van der Waals surface area contributed by atoms with Crippen LogP contribution in [0.15, 0.2) is 24.3 Å². The number of rotatable bonds is 7. The fraction of sp³-hybridized carbons (Fsp3) is 0.467. The maximum Gasteiger partial charge on any atom is 0.317 e. The number of halogens is 1. The highest BCUT2D eigenvalue weighted by Gasteiger charge is 2.16. The summed E-state index contributed by atoms with van der Waals surface area (Å²) < 4.78 is 13.7. The third-order valence-corrected chi connectivity index (χ3v) is 2.81. The number of carboxylic acids is 1. The second-order valence-electron chi connectivity index (χ2n) is 5.24. The van der Waals surface area contributed by atoms with Crippen molar-refractivity contribution in [2.75, 3.05) is 13.1 Å². The van der Waals surface area contributed by atoms with Gasteiger partial charge in [0.15, 0.2) is 0 Å². The molecule has 6 heteroatoms. The van der Waals surface area contributed by atoms with Gasteiger partial charge in [-0.1, -0.05) is 32.0 Å². The summed E-state index contributed by atoms with van der Waals surface area (Å²) >= 11 is 0. The van der Waals surface area contributed by atoms with Crippen molar-refractivity contribution in [3.8, 4) is 0 Å². The van der Waals surface area contributed by atoms with E-state index in [1.54, 1.807) is 18.2 Å². The van der Waals surface area contributed by atoms with Crippen molar-refractivity contribution < 1.29 is 19.1 Å². The first kappa shape index (κ1) is 16.9. The van der Waals surface area contributed by atoms with Gasteiger partial charge in [-0.25, -0.2) is 9.18 Å². The molecule has 0 aliphatic carbocycles. The summed E-state index contributed by atoms with van der Waals surface area (Å²) in [4.78, 5) is 24.0. The van der Waals surface area contributed by atoms with E-state index in [-0.39, 0.29) is 37.3 Å². The van der Waals surface area contributed by atoms with E-state index in [1.807, 2.05) is 13.8 Å². The Morgan fingerprint density at radius 1 is 1.33 bits per heavy atom. The average Bonchev–Trinajstić information content (AvgIpc) is 2.39. The summed E-state index contributed by atoms with van der Waals surface area (Å²) in [5.41, 5.74) is 0.437. The number of amides is 2. The quantitative estimate of drug-likeness (QED) is 0.812. The molecule has 0 saturated heterocycles. The van der Waals surface area contributed by atoms with E-state index in [2.05, 4.69) is 5.32 Å². The molecule has 0 bridgehead atoms. The van der Waals surface area contributed by atoms with Crippen LogP contribution in [0.25, 0.3) is 0 Å². The van der Waals surface area contributed by atoms with Gasteiger partial charge in [-0.15, -0.1) is 0 Å². The summed E-state index contributed by atoms with van der Waals surface area (Å²) in [6.45, 7) is 4.59. The van der Waals surface area contributed by atoms with Crippen LogP contribution in [0.3, 0.4) is 0 Å². The zero-order valence-corrected chi connectivity index (χ0v) is 12.3. The van der Waals surface area contributed by atoms with Crippen LogP contribution in [0.5, 0.6) is 0 Å². The molecule has 1 rings (SSSR count). The molecular formula is C15H21FN2O3. The number of urea groups is 1. The minimum absolute atomic E-state index is 0.0556.